The maximum Gasteiger partial charge on any atom is 0.337 e. The van der Waals surface area contributed by atoms with Gasteiger partial charge in [0.1, 0.15) is 0 Å². The number of carboxylic acids is 1. The molecule has 19 heavy (non-hydrogen) atoms. The lowest BCUT2D eigenvalue weighted by Crippen LogP contribution is -2.18. The average Bonchev–Trinajstić information content (AvgIpc) is 2.84. The number of nitrogens with zero attached hydrogens (tertiary/aromatic N) is 2. The van der Waals surface area contributed by atoms with Crippen molar-refractivity contribution in [2.75, 3.05) is 7.05 Å². The number of aromatic carboxylic acids is 1. The molecule has 2 rings (SSSR count). The van der Waals surface area contributed by atoms with E-state index >= 15 is 0 Å². The van der Waals surface area contributed by atoms with Gasteiger partial charge in [0.15, 0.2) is 0 Å². The molecule has 0 unspecified atom stereocenters. The molecule has 0 fully saturated rings. The number of hydrogen-bond donors (Lipinski definition) is 1. The molecule has 0 spiro atoms. The molecule has 0 saturated carbocycles. The molecule has 6 heteroatoms. The summed E-state index contributed by atoms with van der Waals surface area (Å²) in [5.74, 6) is -1.01. The Morgan fingerprint density at radius 1 is 1.47 bits per heavy atom. The van der Waals surface area contributed by atoms with Crippen molar-refractivity contribution in [3.8, 4) is 0 Å². The van der Waals surface area contributed by atoms with Crippen LogP contribution in [-0.2, 0) is 13.1 Å². The van der Waals surface area contributed by atoms with Gasteiger partial charge in [-0.05, 0) is 18.7 Å². The molecule has 0 saturated heterocycles. The summed E-state index contributed by atoms with van der Waals surface area (Å²) in [7, 11) is 1.95. The maximum atomic E-state index is 11.0. The van der Waals surface area contributed by atoms with Gasteiger partial charge in [0.05, 0.1) is 21.8 Å². The lowest BCUT2D eigenvalue weighted by molar-refractivity contribution is 0.0697. The normalized spacial score (nSPS) is 10.9. The summed E-state index contributed by atoms with van der Waals surface area (Å²) in [5.41, 5.74) is 3.74. The number of hydrogen-bond acceptors (Lipinski definition) is 4. The predicted octanol–water partition coefficient (Wildman–Crippen LogP) is 3.13. The highest BCUT2D eigenvalue weighted by Gasteiger charge is 2.13. The van der Waals surface area contributed by atoms with E-state index in [-0.39, 0.29) is 5.56 Å². The molecule has 2 aromatic rings. The highest BCUT2D eigenvalue weighted by atomic mass is 35.5. The molecule has 0 atom stereocenters. The smallest absolute Gasteiger partial charge is 0.337 e. The highest BCUT2D eigenvalue weighted by molar-refractivity contribution is 7.07. The van der Waals surface area contributed by atoms with E-state index in [0.29, 0.717) is 18.1 Å². The number of carboxylic acid groups (broad SMARTS) is 1. The van der Waals surface area contributed by atoms with Gasteiger partial charge in [-0.25, -0.2) is 9.78 Å². The fourth-order valence-electron chi connectivity index (χ4n) is 1.81. The van der Waals surface area contributed by atoms with Crippen LogP contribution in [0.2, 0.25) is 5.02 Å². The summed E-state index contributed by atoms with van der Waals surface area (Å²) in [5, 5.41) is 11.3. The number of benzene rings is 1. The Labute approximate surface area is 120 Å². The van der Waals surface area contributed by atoms with Crippen LogP contribution in [0.25, 0.3) is 0 Å². The minimum atomic E-state index is -1.01. The second kappa shape index (κ2) is 6.14. The Bertz CT molecular complexity index is 572. The molecule has 0 aliphatic rings. The van der Waals surface area contributed by atoms with Crippen LogP contribution in [0, 0.1) is 0 Å². The first kappa shape index (κ1) is 14.0. The van der Waals surface area contributed by atoms with Crippen LogP contribution in [0.3, 0.4) is 0 Å². The Balaban J connectivity index is 2.10. The van der Waals surface area contributed by atoms with Crippen LogP contribution in [0.4, 0.5) is 0 Å². The Morgan fingerprint density at radius 2 is 2.26 bits per heavy atom. The lowest BCUT2D eigenvalue weighted by atomic mass is 10.1. The van der Waals surface area contributed by atoms with Gasteiger partial charge < -0.3 is 5.11 Å². The molecule has 4 nitrogen and oxygen atoms in total. The second-order valence-corrected chi connectivity index (χ2v) is 5.33. The van der Waals surface area contributed by atoms with Gasteiger partial charge >= 0.3 is 5.97 Å². The largest absolute Gasteiger partial charge is 0.478 e. The fourth-order valence-corrected chi connectivity index (χ4v) is 2.62. The van der Waals surface area contributed by atoms with E-state index in [9.17, 15) is 4.79 Å². The first-order valence-electron chi connectivity index (χ1n) is 5.64. The van der Waals surface area contributed by atoms with Gasteiger partial charge in [-0.2, -0.15) is 0 Å². The van der Waals surface area contributed by atoms with Crippen LogP contribution in [0.5, 0.6) is 0 Å². The molecular weight excluding hydrogens is 284 g/mol. The number of thiazole rings is 1. The van der Waals surface area contributed by atoms with Crippen molar-refractivity contribution < 1.29 is 9.90 Å². The van der Waals surface area contributed by atoms with Crippen molar-refractivity contribution in [1.82, 2.24) is 9.88 Å². The summed E-state index contributed by atoms with van der Waals surface area (Å²) in [6, 6.07) is 5.06. The zero-order chi connectivity index (χ0) is 13.8. The van der Waals surface area contributed by atoms with E-state index < -0.39 is 5.97 Å². The summed E-state index contributed by atoms with van der Waals surface area (Å²) in [4.78, 5) is 17.3. The number of halogens is 1. The lowest BCUT2D eigenvalue weighted by Gasteiger charge is -2.16. The molecule has 1 aromatic heterocycles. The average molecular weight is 297 g/mol. The van der Waals surface area contributed by atoms with Gasteiger partial charge in [-0.3, -0.25) is 4.90 Å². The molecule has 0 amide bonds. The topological polar surface area (TPSA) is 53.4 Å². The van der Waals surface area contributed by atoms with Crippen molar-refractivity contribution in [3.63, 3.8) is 0 Å². The van der Waals surface area contributed by atoms with Gasteiger partial charge in [0, 0.05) is 18.5 Å². The van der Waals surface area contributed by atoms with Crippen molar-refractivity contribution in [1.29, 1.82) is 0 Å². The van der Waals surface area contributed by atoms with E-state index in [1.54, 1.807) is 22.9 Å². The van der Waals surface area contributed by atoms with E-state index in [1.165, 1.54) is 6.07 Å². The minimum Gasteiger partial charge on any atom is -0.478 e. The zero-order valence-corrected chi connectivity index (χ0v) is 11.9. The molecule has 1 heterocycles. The second-order valence-electron chi connectivity index (χ2n) is 4.24. The molecule has 0 aliphatic carbocycles. The quantitative estimate of drug-likeness (QED) is 0.921. The van der Waals surface area contributed by atoms with Crippen molar-refractivity contribution in [2.24, 2.45) is 0 Å². The Hall–Kier alpha value is -1.43. The molecular formula is C13H13ClN2O2S. The van der Waals surface area contributed by atoms with Crippen LogP contribution >= 0.6 is 22.9 Å². The van der Waals surface area contributed by atoms with Crippen molar-refractivity contribution in [2.45, 2.75) is 13.1 Å². The van der Waals surface area contributed by atoms with E-state index in [1.807, 2.05) is 23.4 Å². The third-order valence-electron chi connectivity index (χ3n) is 2.66. The van der Waals surface area contributed by atoms with Crippen LogP contribution in [0.1, 0.15) is 21.6 Å². The third-order valence-corrected chi connectivity index (χ3v) is 3.75. The number of carbonyl (C=O) groups is 1. The summed E-state index contributed by atoms with van der Waals surface area (Å²) in [6.45, 7) is 1.29. The maximum absolute atomic E-state index is 11.0. The predicted molar refractivity (Wildman–Crippen MR) is 75.7 cm³/mol. The first-order valence-corrected chi connectivity index (χ1v) is 6.96. The molecule has 0 bridgehead atoms. The highest BCUT2D eigenvalue weighted by Crippen LogP contribution is 2.22. The number of aromatic nitrogens is 1. The monoisotopic (exact) mass is 296 g/mol. The minimum absolute atomic E-state index is 0.140. The third kappa shape index (κ3) is 3.53. The molecule has 1 N–H and O–H groups in total. The number of rotatable bonds is 5. The summed E-state index contributed by atoms with van der Waals surface area (Å²) >= 11 is 7.66. The molecule has 0 radical (unpaired) electrons. The Morgan fingerprint density at radius 3 is 2.89 bits per heavy atom. The van der Waals surface area contributed by atoms with Crippen molar-refractivity contribution in [3.05, 3.63) is 50.9 Å². The van der Waals surface area contributed by atoms with Gasteiger partial charge in [0.2, 0.25) is 0 Å². The summed E-state index contributed by atoms with van der Waals surface area (Å²) in [6.07, 6.45) is 0. The van der Waals surface area contributed by atoms with Crippen LogP contribution in [-0.4, -0.2) is 28.0 Å². The van der Waals surface area contributed by atoms with Gasteiger partial charge in [-0.1, -0.05) is 23.7 Å². The van der Waals surface area contributed by atoms with Gasteiger partial charge in [0.25, 0.3) is 0 Å². The van der Waals surface area contributed by atoms with Crippen molar-refractivity contribution >= 4 is 28.9 Å². The van der Waals surface area contributed by atoms with Gasteiger partial charge in [-0.15, -0.1) is 11.3 Å². The zero-order valence-electron chi connectivity index (χ0n) is 10.3. The summed E-state index contributed by atoms with van der Waals surface area (Å²) < 4.78 is 0. The molecule has 1 aromatic carbocycles. The van der Waals surface area contributed by atoms with E-state index in [0.717, 1.165) is 11.3 Å². The van der Waals surface area contributed by atoms with Crippen LogP contribution < -0.4 is 0 Å². The van der Waals surface area contributed by atoms with E-state index in [2.05, 4.69) is 4.98 Å². The SMILES string of the molecule is CN(Cc1cscn1)Cc1cccc(C(=O)O)c1Cl. The standard InChI is InChI=1S/C13H13ClN2O2S/c1-16(6-10-7-19-8-15-10)5-9-3-2-4-11(12(9)14)13(17)18/h2-4,7-8H,5-6H2,1H3,(H,17,18). The first-order chi connectivity index (χ1) is 9.08. The van der Waals surface area contributed by atoms with Crippen LogP contribution in [0.15, 0.2) is 29.1 Å². The van der Waals surface area contributed by atoms with E-state index in [4.69, 9.17) is 16.7 Å². The fraction of sp³-hybridized carbons (Fsp3) is 0.231. The molecule has 0 aliphatic heterocycles. The molecule has 100 valence electrons. The Kier molecular flexibility index (Phi) is 4.52.